The lowest BCUT2D eigenvalue weighted by molar-refractivity contribution is 0.619. The molecule has 1 aromatic carbocycles. The molecule has 2 aromatic rings. The van der Waals surface area contributed by atoms with Gasteiger partial charge in [0, 0.05) is 5.69 Å². The van der Waals surface area contributed by atoms with Crippen molar-refractivity contribution in [2.75, 3.05) is 10.7 Å². The first-order valence-electron chi connectivity index (χ1n) is 5.10. The number of nitriles is 1. The molecule has 0 unspecified atom stereocenters. The highest BCUT2D eigenvalue weighted by molar-refractivity contribution is 5.59. The van der Waals surface area contributed by atoms with Crippen LogP contribution >= 0.6 is 0 Å². The first kappa shape index (κ1) is 12.7. The Labute approximate surface area is 106 Å². The van der Waals surface area contributed by atoms with E-state index in [1.54, 1.807) is 6.07 Å². The van der Waals surface area contributed by atoms with Crippen molar-refractivity contribution < 1.29 is 8.78 Å². The van der Waals surface area contributed by atoms with Crippen LogP contribution < -0.4 is 16.6 Å². The summed E-state index contributed by atoms with van der Waals surface area (Å²) in [6, 6.07) is 5.38. The molecule has 8 heteroatoms. The topological polar surface area (TPSA) is 99.7 Å². The summed E-state index contributed by atoms with van der Waals surface area (Å²) < 4.78 is 26.6. The number of rotatable bonds is 3. The van der Waals surface area contributed by atoms with Crippen LogP contribution in [-0.2, 0) is 0 Å². The molecule has 0 aliphatic rings. The Bertz CT molecular complexity index is 652. The van der Waals surface area contributed by atoms with E-state index >= 15 is 0 Å². The van der Waals surface area contributed by atoms with Crippen LogP contribution in [0, 0.1) is 23.0 Å². The average molecular weight is 262 g/mol. The van der Waals surface area contributed by atoms with Crippen LogP contribution in [0.3, 0.4) is 0 Å². The molecule has 96 valence electrons. The molecular weight excluding hydrogens is 254 g/mol. The molecule has 0 spiro atoms. The summed E-state index contributed by atoms with van der Waals surface area (Å²) in [7, 11) is 0. The second kappa shape index (κ2) is 5.24. The molecule has 0 aliphatic heterocycles. The van der Waals surface area contributed by atoms with Crippen LogP contribution in [0.1, 0.15) is 5.56 Å². The summed E-state index contributed by atoms with van der Waals surface area (Å²) in [4.78, 5) is 7.33. The van der Waals surface area contributed by atoms with E-state index in [4.69, 9.17) is 11.1 Å². The second-order valence-electron chi connectivity index (χ2n) is 3.47. The van der Waals surface area contributed by atoms with Crippen molar-refractivity contribution in [2.45, 2.75) is 0 Å². The van der Waals surface area contributed by atoms with Crippen molar-refractivity contribution in [3.63, 3.8) is 0 Å². The number of hydrogen-bond donors (Lipinski definition) is 3. The van der Waals surface area contributed by atoms with E-state index < -0.39 is 11.6 Å². The van der Waals surface area contributed by atoms with Gasteiger partial charge in [-0.05, 0) is 18.2 Å². The first-order chi connectivity index (χ1) is 9.13. The van der Waals surface area contributed by atoms with Gasteiger partial charge in [-0.2, -0.15) is 10.2 Å². The van der Waals surface area contributed by atoms with Gasteiger partial charge in [0.2, 0.25) is 5.95 Å². The largest absolute Gasteiger partial charge is 0.338 e. The maximum atomic E-state index is 13.5. The van der Waals surface area contributed by atoms with Gasteiger partial charge < -0.3 is 5.32 Å². The van der Waals surface area contributed by atoms with E-state index in [2.05, 4.69) is 20.7 Å². The van der Waals surface area contributed by atoms with E-state index in [0.29, 0.717) is 5.69 Å². The number of anilines is 3. The maximum Gasteiger partial charge on any atom is 0.239 e. The molecule has 0 saturated heterocycles. The molecule has 0 bridgehead atoms. The number of hydrazine groups is 1. The highest BCUT2D eigenvalue weighted by Gasteiger charge is 2.08. The summed E-state index contributed by atoms with van der Waals surface area (Å²) >= 11 is 0. The van der Waals surface area contributed by atoms with Crippen LogP contribution in [-0.4, -0.2) is 9.97 Å². The summed E-state index contributed by atoms with van der Waals surface area (Å²) in [5.41, 5.74) is 2.33. The zero-order valence-corrected chi connectivity index (χ0v) is 9.48. The normalized spacial score (nSPS) is 9.79. The van der Waals surface area contributed by atoms with Crippen LogP contribution in [0.25, 0.3) is 0 Å². The molecule has 0 amide bonds. The van der Waals surface area contributed by atoms with E-state index in [1.165, 1.54) is 12.1 Å². The Morgan fingerprint density at radius 3 is 2.74 bits per heavy atom. The third kappa shape index (κ3) is 2.72. The van der Waals surface area contributed by atoms with Crippen molar-refractivity contribution in [2.24, 2.45) is 5.84 Å². The lowest BCUT2D eigenvalue weighted by Gasteiger charge is -2.08. The van der Waals surface area contributed by atoms with Crippen LogP contribution in [0.15, 0.2) is 24.4 Å². The monoisotopic (exact) mass is 262 g/mol. The van der Waals surface area contributed by atoms with Crippen LogP contribution in [0.4, 0.5) is 26.2 Å². The maximum absolute atomic E-state index is 13.5. The fraction of sp³-hybridized carbons (Fsp3) is 0. The zero-order valence-electron chi connectivity index (χ0n) is 9.48. The number of halogens is 2. The Morgan fingerprint density at radius 2 is 2.05 bits per heavy atom. The Kier molecular flexibility index (Phi) is 3.49. The van der Waals surface area contributed by atoms with Gasteiger partial charge in [0.15, 0.2) is 11.6 Å². The highest BCUT2D eigenvalue weighted by atomic mass is 19.1. The van der Waals surface area contributed by atoms with E-state index in [0.717, 1.165) is 12.3 Å². The van der Waals surface area contributed by atoms with Crippen molar-refractivity contribution in [3.05, 3.63) is 41.6 Å². The van der Waals surface area contributed by atoms with Gasteiger partial charge in [0.1, 0.15) is 11.9 Å². The molecule has 1 heterocycles. The minimum absolute atomic E-state index is 0.0199. The zero-order chi connectivity index (χ0) is 13.8. The van der Waals surface area contributed by atoms with Gasteiger partial charge in [-0.3, -0.25) is 5.43 Å². The molecule has 1 aromatic heterocycles. The predicted molar refractivity (Wildman–Crippen MR) is 64.2 cm³/mol. The first-order valence-corrected chi connectivity index (χ1v) is 5.10. The summed E-state index contributed by atoms with van der Waals surface area (Å²) in [5.74, 6) is 3.63. The Hall–Kier alpha value is -2.79. The molecule has 0 atom stereocenters. The van der Waals surface area contributed by atoms with Gasteiger partial charge in [-0.1, -0.05) is 0 Å². The number of benzene rings is 1. The molecular formula is C11H8F2N6. The van der Waals surface area contributed by atoms with Gasteiger partial charge in [-0.25, -0.2) is 19.6 Å². The molecule has 0 radical (unpaired) electrons. The second-order valence-corrected chi connectivity index (χ2v) is 3.47. The van der Waals surface area contributed by atoms with Crippen molar-refractivity contribution >= 4 is 17.5 Å². The van der Waals surface area contributed by atoms with E-state index in [9.17, 15) is 8.78 Å². The van der Waals surface area contributed by atoms with Crippen molar-refractivity contribution in [1.82, 2.24) is 9.97 Å². The minimum atomic E-state index is -0.707. The summed E-state index contributed by atoms with van der Waals surface area (Å²) in [5, 5.41) is 11.3. The van der Waals surface area contributed by atoms with Gasteiger partial charge in [-0.15, -0.1) is 0 Å². The Morgan fingerprint density at radius 1 is 1.26 bits per heavy atom. The van der Waals surface area contributed by atoms with Crippen molar-refractivity contribution in [1.29, 1.82) is 5.26 Å². The number of nitrogens with two attached hydrogens (primary N) is 1. The molecule has 2 rings (SSSR count). The molecule has 4 N–H and O–H groups in total. The van der Waals surface area contributed by atoms with Crippen LogP contribution in [0.5, 0.6) is 0 Å². The third-order valence-corrected chi connectivity index (χ3v) is 2.22. The summed E-state index contributed by atoms with van der Waals surface area (Å²) in [6.07, 6.45) is 0.930. The molecule has 19 heavy (non-hydrogen) atoms. The fourth-order valence-corrected chi connectivity index (χ4v) is 1.35. The Balaban J connectivity index is 2.33. The number of nitrogens with one attached hydrogen (secondary N) is 2. The number of nitrogen functional groups attached to an aromatic ring is 1. The molecule has 0 saturated carbocycles. The fourth-order valence-electron chi connectivity index (χ4n) is 1.35. The highest BCUT2D eigenvalue weighted by Crippen LogP contribution is 2.20. The van der Waals surface area contributed by atoms with Gasteiger partial charge in [0.05, 0.1) is 11.8 Å². The molecule has 0 fully saturated rings. The van der Waals surface area contributed by atoms with Gasteiger partial charge >= 0.3 is 0 Å². The SMILES string of the molecule is N#Cc1cc(Nc2nc(NN)ncc2F)ccc1F. The van der Waals surface area contributed by atoms with Crippen molar-refractivity contribution in [3.8, 4) is 6.07 Å². The number of aromatic nitrogens is 2. The lowest BCUT2D eigenvalue weighted by atomic mass is 10.2. The smallest absolute Gasteiger partial charge is 0.239 e. The van der Waals surface area contributed by atoms with Crippen LogP contribution in [0.2, 0.25) is 0 Å². The average Bonchev–Trinajstić information content (AvgIpc) is 2.43. The van der Waals surface area contributed by atoms with E-state index in [1.807, 2.05) is 0 Å². The predicted octanol–water partition coefficient (Wildman–Crippen LogP) is 1.66. The van der Waals surface area contributed by atoms with E-state index in [-0.39, 0.29) is 17.3 Å². The molecule has 6 nitrogen and oxygen atoms in total. The van der Waals surface area contributed by atoms with Gasteiger partial charge in [0.25, 0.3) is 0 Å². The minimum Gasteiger partial charge on any atom is -0.338 e. The standard InChI is InChI=1S/C11H8F2N6/c12-8-2-1-7(3-6(8)4-14)17-10-9(13)5-16-11(18-10)19-15/h1-3,5H,15H2,(H2,16,17,18,19). The summed E-state index contributed by atoms with van der Waals surface area (Å²) in [6.45, 7) is 0. The quantitative estimate of drug-likeness (QED) is 0.574. The number of hydrogen-bond acceptors (Lipinski definition) is 6. The number of nitrogens with zero attached hydrogens (tertiary/aromatic N) is 3. The lowest BCUT2D eigenvalue weighted by Crippen LogP contribution is -2.12. The molecule has 0 aliphatic carbocycles. The third-order valence-electron chi connectivity index (χ3n) is 2.22.